The number of allylic oxidation sites excluding steroid dienone is 5. The van der Waals surface area contributed by atoms with Gasteiger partial charge in [0.2, 0.25) is 0 Å². The van der Waals surface area contributed by atoms with Crippen LogP contribution < -0.4 is 10.1 Å². The second kappa shape index (κ2) is 8.21. The van der Waals surface area contributed by atoms with Crippen molar-refractivity contribution in [1.82, 2.24) is 10.2 Å². The van der Waals surface area contributed by atoms with Gasteiger partial charge in [-0.1, -0.05) is 31.2 Å². The van der Waals surface area contributed by atoms with Crippen molar-refractivity contribution in [2.75, 3.05) is 20.2 Å². The van der Waals surface area contributed by atoms with E-state index in [1.165, 1.54) is 18.7 Å². The van der Waals surface area contributed by atoms with Gasteiger partial charge < -0.3 is 10.1 Å². The maximum atomic E-state index is 14.1. The molecule has 3 aliphatic heterocycles. The second-order valence-electron chi connectivity index (χ2n) is 7.52. The Balaban J connectivity index is 1.68. The van der Waals surface area contributed by atoms with Crippen molar-refractivity contribution >= 4 is 11.5 Å². The van der Waals surface area contributed by atoms with Crippen molar-refractivity contribution in [2.24, 2.45) is 5.92 Å². The summed E-state index contributed by atoms with van der Waals surface area (Å²) in [6.07, 6.45) is 13.5. The number of fused-ring (bicyclic) bond motifs is 1. The molecule has 4 rings (SSSR count). The van der Waals surface area contributed by atoms with Crippen molar-refractivity contribution in [1.29, 1.82) is 0 Å². The molecule has 1 aromatic carbocycles. The van der Waals surface area contributed by atoms with E-state index in [9.17, 15) is 9.18 Å². The average molecular weight is 392 g/mol. The zero-order valence-electron chi connectivity index (χ0n) is 16.7. The molecule has 0 saturated carbocycles. The summed E-state index contributed by atoms with van der Waals surface area (Å²) in [5.41, 5.74) is 4.71. The molecule has 5 heteroatoms. The van der Waals surface area contributed by atoms with Gasteiger partial charge in [-0.3, -0.25) is 9.69 Å². The van der Waals surface area contributed by atoms with Crippen molar-refractivity contribution in [3.8, 4) is 5.75 Å². The van der Waals surface area contributed by atoms with Crippen LogP contribution >= 0.6 is 0 Å². The number of halogens is 1. The first-order chi connectivity index (χ1) is 14.1. The number of hydrogen-bond donors (Lipinski definition) is 1. The predicted octanol–water partition coefficient (Wildman–Crippen LogP) is 4.34. The third-order valence-electron chi connectivity index (χ3n) is 5.63. The predicted molar refractivity (Wildman–Crippen MR) is 112 cm³/mol. The van der Waals surface area contributed by atoms with Gasteiger partial charge >= 0.3 is 0 Å². The summed E-state index contributed by atoms with van der Waals surface area (Å²) < 4.78 is 19.1. The second-order valence-corrected chi connectivity index (χ2v) is 7.52. The molecule has 4 nitrogen and oxygen atoms in total. The quantitative estimate of drug-likeness (QED) is 0.832. The number of carbonyl (C=O) groups excluding carboxylic acids is 1. The lowest BCUT2D eigenvalue weighted by molar-refractivity contribution is -0.122. The molecule has 1 atom stereocenters. The third-order valence-corrected chi connectivity index (χ3v) is 5.63. The zero-order chi connectivity index (χ0) is 20.4. The Morgan fingerprint density at radius 3 is 2.83 bits per heavy atom. The maximum Gasteiger partial charge on any atom is 0.255 e. The van der Waals surface area contributed by atoms with E-state index in [1.54, 1.807) is 29.3 Å². The smallest absolute Gasteiger partial charge is 0.255 e. The Morgan fingerprint density at radius 2 is 2.10 bits per heavy atom. The van der Waals surface area contributed by atoms with Gasteiger partial charge in [-0.2, -0.15) is 0 Å². The molecule has 1 N–H and O–H groups in total. The number of benzene rings is 1. The van der Waals surface area contributed by atoms with Crippen LogP contribution in [0.3, 0.4) is 0 Å². The molecule has 0 spiro atoms. The fourth-order valence-electron chi connectivity index (χ4n) is 3.95. The third kappa shape index (κ3) is 3.96. The number of nitrogens with one attached hydrogen (secondary N) is 1. The van der Waals surface area contributed by atoms with Gasteiger partial charge in [0.25, 0.3) is 5.91 Å². The van der Waals surface area contributed by atoms with Crippen LogP contribution in [-0.4, -0.2) is 31.0 Å². The number of carbonyl (C=O) groups is 1. The highest BCUT2D eigenvalue weighted by Gasteiger charge is 2.24. The molecule has 0 fully saturated rings. The monoisotopic (exact) mass is 392 g/mol. The highest BCUT2D eigenvalue weighted by atomic mass is 19.1. The summed E-state index contributed by atoms with van der Waals surface area (Å²) in [6, 6.07) is 4.83. The van der Waals surface area contributed by atoms with Crippen LogP contribution in [0.2, 0.25) is 0 Å². The lowest BCUT2D eigenvalue weighted by Gasteiger charge is -2.28. The van der Waals surface area contributed by atoms with Crippen LogP contribution in [0.25, 0.3) is 5.57 Å². The number of nitrogens with zero attached hydrogens (tertiary/aromatic N) is 1. The number of amides is 1. The summed E-state index contributed by atoms with van der Waals surface area (Å²) >= 11 is 0. The van der Waals surface area contributed by atoms with Gasteiger partial charge in [-0.25, -0.2) is 4.39 Å². The number of ether oxygens (including phenoxy) is 1. The van der Waals surface area contributed by atoms with Crippen LogP contribution in [0.1, 0.15) is 25.3 Å². The molecule has 150 valence electrons. The zero-order valence-corrected chi connectivity index (χ0v) is 16.7. The minimum atomic E-state index is -0.423. The van der Waals surface area contributed by atoms with Crippen molar-refractivity contribution in [3.05, 3.63) is 83.0 Å². The minimum absolute atomic E-state index is 0.0759. The molecule has 0 aromatic heterocycles. The Bertz CT molecular complexity index is 985. The highest BCUT2D eigenvalue weighted by Crippen LogP contribution is 2.33. The van der Waals surface area contributed by atoms with E-state index in [-0.39, 0.29) is 17.6 Å². The van der Waals surface area contributed by atoms with Crippen LogP contribution in [0.4, 0.5) is 4.39 Å². The Labute approximate surface area is 170 Å². The standard InChI is InChI=1S/C24H25FN2O2/c1-16-3-6-20-7-4-19(18-5-8-23(29-2)22(25)13-18)15-27(20)24(28)14-21(16)17-9-11-26-12-10-17/h4-9,13-16,26H,3,10-12H2,1-2H3. The molecule has 1 aromatic rings. The van der Waals surface area contributed by atoms with E-state index in [1.807, 2.05) is 12.2 Å². The molecule has 0 aliphatic carbocycles. The Hall–Kier alpha value is -2.92. The topological polar surface area (TPSA) is 41.6 Å². The van der Waals surface area contributed by atoms with E-state index < -0.39 is 5.82 Å². The first-order valence-corrected chi connectivity index (χ1v) is 9.95. The summed E-state index contributed by atoms with van der Waals surface area (Å²) in [5.74, 6) is -0.0113. The number of rotatable bonds is 3. The Kier molecular flexibility index (Phi) is 5.49. The summed E-state index contributed by atoms with van der Waals surface area (Å²) in [7, 11) is 1.44. The van der Waals surface area contributed by atoms with E-state index in [4.69, 9.17) is 4.74 Å². The highest BCUT2D eigenvalue weighted by molar-refractivity contribution is 5.94. The van der Waals surface area contributed by atoms with Gasteiger partial charge in [0.15, 0.2) is 11.6 Å². The van der Waals surface area contributed by atoms with E-state index in [0.717, 1.165) is 42.8 Å². The lowest BCUT2D eigenvalue weighted by Crippen LogP contribution is -2.28. The van der Waals surface area contributed by atoms with E-state index in [0.29, 0.717) is 5.56 Å². The molecular formula is C24H25FN2O2. The maximum absolute atomic E-state index is 14.1. The Morgan fingerprint density at radius 1 is 1.24 bits per heavy atom. The summed E-state index contributed by atoms with van der Waals surface area (Å²) in [4.78, 5) is 14.8. The van der Waals surface area contributed by atoms with Gasteiger partial charge in [0.05, 0.1) is 7.11 Å². The molecule has 0 radical (unpaired) electrons. The molecule has 1 amide bonds. The van der Waals surface area contributed by atoms with Gasteiger partial charge in [-0.05, 0) is 65.8 Å². The van der Waals surface area contributed by atoms with Crippen molar-refractivity contribution in [2.45, 2.75) is 19.8 Å². The fraction of sp³-hybridized carbons (Fsp3) is 0.292. The normalized spacial score (nSPS) is 22.0. The number of hydrogen-bond acceptors (Lipinski definition) is 3. The van der Waals surface area contributed by atoms with Crippen molar-refractivity contribution < 1.29 is 13.9 Å². The molecular weight excluding hydrogens is 367 g/mol. The average Bonchev–Trinajstić information content (AvgIpc) is 2.75. The largest absolute Gasteiger partial charge is 0.494 e. The molecule has 1 unspecified atom stereocenters. The lowest BCUT2D eigenvalue weighted by atomic mass is 9.86. The summed E-state index contributed by atoms with van der Waals surface area (Å²) in [5, 5.41) is 3.32. The molecule has 3 heterocycles. The van der Waals surface area contributed by atoms with E-state index in [2.05, 4.69) is 24.4 Å². The first kappa shape index (κ1) is 19.4. The van der Waals surface area contributed by atoms with Gasteiger partial charge in [-0.15, -0.1) is 0 Å². The molecule has 29 heavy (non-hydrogen) atoms. The summed E-state index contributed by atoms with van der Waals surface area (Å²) in [6.45, 7) is 3.95. The minimum Gasteiger partial charge on any atom is -0.494 e. The van der Waals surface area contributed by atoms with E-state index >= 15 is 0 Å². The molecule has 3 aliphatic rings. The number of methoxy groups -OCH3 is 1. The molecule has 0 bridgehead atoms. The SMILES string of the molecule is COc1ccc(C2=CN3C(=O)C=C(C4=CCNCC4)C(C)CC=C3C=C2)cc1F. The van der Waals surface area contributed by atoms with Gasteiger partial charge in [0.1, 0.15) is 0 Å². The van der Waals surface area contributed by atoms with Crippen LogP contribution in [0.5, 0.6) is 5.75 Å². The van der Waals surface area contributed by atoms with Gasteiger partial charge in [0, 0.05) is 24.5 Å². The van der Waals surface area contributed by atoms with Crippen LogP contribution in [0, 0.1) is 11.7 Å². The fourth-order valence-corrected chi connectivity index (χ4v) is 3.95. The van der Waals surface area contributed by atoms with Crippen LogP contribution in [-0.2, 0) is 4.79 Å². The van der Waals surface area contributed by atoms with Crippen molar-refractivity contribution in [3.63, 3.8) is 0 Å². The molecule has 0 saturated heterocycles. The van der Waals surface area contributed by atoms with Crippen LogP contribution in [0.15, 0.2) is 71.6 Å². The first-order valence-electron chi connectivity index (χ1n) is 9.95.